The maximum absolute atomic E-state index is 12.6. The smallest absolute Gasteiger partial charge is 0.261 e. The molecule has 1 aromatic heterocycles. The number of aryl methyl sites for hydroxylation is 1. The summed E-state index contributed by atoms with van der Waals surface area (Å²) in [6.07, 6.45) is 4.29. The zero-order valence-electron chi connectivity index (χ0n) is 15.2. The second-order valence-corrected chi connectivity index (χ2v) is 8.41. The Hall–Kier alpha value is -3.18. The van der Waals surface area contributed by atoms with Gasteiger partial charge in [-0.25, -0.2) is 8.42 Å². The Kier molecular flexibility index (Phi) is 4.84. The number of rotatable bonds is 4. The van der Waals surface area contributed by atoms with Crippen molar-refractivity contribution in [3.63, 3.8) is 0 Å². The maximum atomic E-state index is 12.6. The second kappa shape index (κ2) is 7.44. The molecule has 1 aliphatic heterocycles. The molecule has 3 aromatic rings. The number of fused-ring (bicyclic) bond motifs is 1. The van der Waals surface area contributed by atoms with Crippen LogP contribution in [0.3, 0.4) is 0 Å². The first-order valence-corrected chi connectivity index (χ1v) is 10.6. The summed E-state index contributed by atoms with van der Waals surface area (Å²) in [4.78, 5) is 0.105. The lowest BCUT2D eigenvalue weighted by Crippen LogP contribution is -2.13. The van der Waals surface area contributed by atoms with Gasteiger partial charge in [0.05, 0.1) is 16.5 Å². The minimum atomic E-state index is -3.75. The van der Waals surface area contributed by atoms with E-state index >= 15 is 0 Å². The van der Waals surface area contributed by atoms with Gasteiger partial charge in [-0.2, -0.15) is 5.26 Å². The molecule has 0 radical (unpaired) electrons. The van der Waals surface area contributed by atoms with Gasteiger partial charge in [0.15, 0.2) is 5.82 Å². The monoisotopic (exact) mass is 393 g/mol. The van der Waals surface area contributed by atoms with Gasteiger partial charge in [-0.15, -0.1) is 10.2 Å². The van der Waals surface area contributed by atoms with Gasteiger partial charge < -0.3 is 4.57 Å². The predicted octanol–water partition coefficient (Wildman–Crippen LogP) is 3.34. The minimum absolute atomic E-state index is 0.105. The van der Waals surface area contributed by atoms with Crippen molar-refractivity contribution >= 4 is 15.7 Å². The van der Waals surface area contributed by atoms with Gasteiger partial charge in [-0.3, -0.25) is 4.72 Å². The van der Waals surface area contributed by atoms with Gasteiger partial charge >= 0.3 is 0 Å². The molecule has 0 bridgehead atoms. The number of benzene rings is 2. The van der Waals surface area contributed by atoms with Crippen LogP contribution in [0.15, 0.2) is 53.4 Å². The third-order valence-electron chi connectivity index (χ3n) is 4.78. The lowest BCUT2D eigenvalue weighted by Gasteiger charge is -2.11. The number of nitriles is 1. The molecule has 0 atom stereocenters. The molecule has 0 fully saturated rings. The van der Waals surface area contributed by atoms with Crippen molar-refractivity contribution in [2.45, 2.75) is 37.1 Å². The van der Waals surface area contributed by atoms with Crippen LogP contribution in [0.1, 0.15) is 30.7 Å². The normalized spacial score (nSPS) is 14.0. The Morgan fingerprint density at radius 1 is 1.04 bits per heavy atom. The quantitative estimate of drug-likeness (QED) is 0.733. The molecule has 0 saturated heterocycles. The zero-order valence-corrected chi connectivity index (χ0v) is 16.0. The zero-order chi connectivity index (χ0) is 19.6. The fraction of sp³-hybridized carbons (Fsp3) is 0.250. The molecule has 8 heteroatoms. The molecule has 0 amide bonds. The van der Waals surface area contributed by atoms with E-state index in [1.165, 1.54) is 30.7 Å². The van der Waals surface area contributed by atoms with Crippen molar-refractivity contribution in [3.05, 3.63) is 59.9 Å². The molecule has 1 aliphatic rings. The lowest BCUT2D eigenvalue weighted by molar-refractivity contribution is 0.601. The average Bonchev–Trinajstić information content (AvgIpc) is 2.96. The molecule has 1 N–H and O–H groups in total. The standard InChI is InChI=1S/C20H19N5O2S/c21-14-15-8-10-18(11-9-15)28(26,27)24-17-6-4-5-16(13-17)20-23-22-19-7-2-1-3-12-25(19)20/h4-6,8-11,13,24H,1-3,7,12H2. The van der Waals surface area contributed by atoms with E-state index in [0.29, 0.717) is 11.3 Å². The predicted molar refractivity (Wildman–Crippen MR) is 105 cm³/mol. The molecule has 0 saturated carbocycles. The van der Waals surface area contributed by atoms with Gasteiger partial charge in [0.25, 0.3) is 10.0 Å². The summed E-state index contributed by atoms with van der Waals surface area (Å²) >= 11 is 0. The van der Waals surface area contributed by atoms with Crippen LogP contribution < -0.4 is 4.72 Å². The third-order valence-corrected chi connectivity index (χ3v) is 6.17. The summed E-state index contributed by atoms with van der Waals surface area (Å²) in [5.74, 6) is 1.74. The van der Waals surface area contributed by atoms with Crippen LogP contribution >= 0.6 is 0 Å². The highest BCUT2D eigenvalue weighted by Gasteiger charge is 2.18. The second-order valence-electron chi connectivity index (χ2n) is 6.72. The molecule has 4 rings (SSSR count). The largest absolute Gasteiger partial charge is 0.311 e. The van der Waals surface area contributed by atoms with E-state index in [2.05, 4.69) is 19.5 Å². The molecule has 2 aromatic carbocycles. The van der Waals surface area contributed by atoms with Crippen molar-refractivity contribution < 1.29 is 8.42 Å². The summed E-state index contributed by atoms with van der Waals surface area (Å²) in [5.41, 5.74) is 1.68. The van der Waals surface area contributed by atoms with Crippen LogP contribution in [0, 0.1) is 11.3 Å². The van der Waals surface area contributed by atoms with E-state index in [9.17, 15) is 8.42 Å². The van der Waals surface area contributed by atoms with Gasteiger partial charge in [0.1, 0.15) is 5.82 Å². The summed E-state index contributed by atoms with van der Waals surface area (Å²) in [6, 6.07) is 14.9. The summed E-state index contributed by atoms with van der Waals surface area (Å²) in [6.45, 7) is 0.874. The number of nitrogens with zero attached hydrogens (tertiary/aromatic N) is 4. The van der Waals surface area contributed by atoms with E-state index in [0.717, 1.165) is 43.0 Å². The van der Waals surface area contributed by atoms with Crippen molar-refractivity contribution in [2.75, 3.05) is 4.72 Å². The lowest BCUT2D eigenvalue weighted by atomic mass is 10.2. The average molecular weight is 393 g/mol. The summed E-state index contributed by atoms with van der Waals surface area (Å²) < 4.78 is 30.0. The van der Waals surface area contributed by atoms with Crippen molar-refractivity contribution in [1.29, 1.82) is 5.26 Å². The van der Waals surface area contributed by atoms with Gasteiger partial charge in [0.2, 0.25) is 0 Å². The number of hydrogen-bond acceptors (Lipinski definition) is 5. The number of sulfonamides is 1. The van der Waals surface area contributed by atoms with E-state index in [1.807, 2.05) is 12.1 Å². The highest BCUT2D eigenvalue weighted by Crippen LogP contribution is 2.26. The third kappa shape index (κ3) is 3.62. The number of aromatic nitrogens is 3. The molecule has 0 spiro atoms. The van der Waals surface area contributed by atoms with Crippen molar-refractivity contribution in [1.82, 2.24) is 14.8 Å². The van der Waals surface area contributed by atoms with Gasteiger partial charge in [-0.1, -0.05) is 18.6 Å². The van der Waals surface area contributed by atoms with E-state index in [1.54, 1.807) is 18.2 Å². The van der Waals surface area contributed by atoms with Crippen LogP contribution in [0.2, 0.25) is 0 Å². The number of anilines is 1. The molecule has 142 valence electrons. The fourth-order valence-electron chi connectivity index (χ4n) is 3.34. The molecular weight excluding hydrogens is 374 g/mol. The Balaban J connectivity index is 1.62. The first kappa shape index (κ1) is 18.2. The fourth-order valence-corrected chi connectivity index (χ4v) is 4.39. The highest BCUT2D eigenvalue weighted by atomic mass is 32.2. The van der Waals surface area contributed by atoms with Gasteiger partial charge in [0, 0.05) is 24.2 Å². The van der Waals surface area contributed by atoms with Crippen LogP contribution in [-0.2, 0) is 23.0 Å². The van der Waals surface area contributed by atoms with Crippen molar-refractivity contribution in [2.24, 2.45) is 0 Å². The molecule has 28 heavy (non-hydrogen) atoms. The number of nitrogens with one attached hydrogen (secondary N) is 1. The van der Waals surface area contributed by atoms with Gasteiger partial charge in [-0.05, 0) is 49.2 Å². The van der Waals surface area contributed by atoms with Crippen molar-refractivity contribution in [3.8, 4) is 17.5 Å². The summed E-state index contributed by atoms with van der Waals surface area (Å²) in [7, 11) is -3.75. The minimum Gasteiger partial charge on any atom is -0.311 e. The maximum Gasteiger partial charge on any atom is 0.261 e. The molecular formula is C20H19N5O2S. The van der Waals surface area contributed by atoms with E-state index in [4.69, 9.17) is 5.26 Å². The van der Waals surface area contributed by atoms with Crippen LogP contribution in [-0.4, -0.2) is 23.2 Å². The highest BCUT2D eigenvalue weighted by molar-refractivity contribution is 7.92. The van der Waals surface area contributed by atoms with Crippen LogP contribution in [0.25, 0.3) is 11.4 Å². The Bertz CT molecular complexity index is 1140. The van der Waals surface area contributed by atoms with E-state index in [-0.39, 0.29) is 4.90 Å². The SMILES string of the molecule is N#Cc1ccc(S(=O)(=O)Nc2cccc(-c3nnc4n3CCCCC4)c2)cc1. The molecule has 7 nitrogen and oxygen atoms in total. The Morgan fingerprint density at radius 3 is 2.64 bits per heavy atom. The molecule has 0 unspecified atom stereocenters. The summed E-state index contributed by atoms with van der Waals surface area (Å²) in [5, 5.41) is 17.5. The van der Waals surface area contributed by atoms with Crippen LogP contribution in [0.4, 0.5) is 5.69 Å². The molecule has 0 aliphatic carbocycles. The topological polar surface area (TPSA) is 101 Å². The Morgan fingerprint density at radius 2 is 1.86 bits per heavy atom. The Labute approximate surface area is 163 Å². The number of hydrogen-bond donors (Lipinski definition) is 1. The van der Waals surface area contributed by atoms with Crippen LogP contribution in [0.5, 0.6) is 0 Å². The van der Waals surface area contributed by atoms with E-state index < -0.39 is 10.0 Å². The first-order chi connectivity index (χ1) is 13.6. The first-order valence-electron chi connectivity index (χ1n) is 9.12. The molecule has 2 heterocycles.